The lowest BCUT2D eigenvalue weighted by Crippen LogP contribution is -2.36. The van der Waals surface area contributed by atoms with Crippen LogP contribution in [-0.2, 0) is 15.0 Å². The fourth-order valence-electron chi connectivity index (χ4n) is 2.81. The number of amides is 2. The number of nitrogens with one attached hydrogen (secondary N) is 2. The van der Waals surface area contributed by atoms with Gasteiger partial charge in [-0.25, -0.2) is 0 Å². The summed E-state index contributed by atoms with van der Waals surface area (Å²) in [5, 5.41) is 5.41. The minimum Gasteiger partial charge on any atom is -0.454 e. The van der Waals surface area contributed by atoms with Crippen LogP contribution >= 0.6 is 0 Å². The van der Waals surface area contributed by atoms with Crippen molar-refractivity contribution in [1.29, 1.82) is 0 Å². The van der Waals surface area contributed by atoms with Crippen LogP contribution in [0.4, 0.5) is 5.69 Å². The highest BCUT2D eigenvalue weighted by molar-refractivity contribution is 5.94. The van der Waals surface area contributed by atoms with Crippen LogP contribution in [-0.4, -0.2) is 25.2 Å². The molecular formula is C20H22N2O4. The van der Waals surface area contributed by atoms with E-state index in [0.29, 0.717) is 23.6 Å². The lowest BCUT2D eigenvalue weighted by Gasteiger charge is -2.24. The van der Waals surface area contributed by atoms with Crippen LogP contribution in [0, 0.1) is 0 Å². The molecule has 2 aromatic rings. The Morgan fingerprint density at radius 2 is 1.73 bits per heavy atom. The molecule has 2 amide bonds. The van der Waals surface area contributed by atoms with Crippen molar-refractivity contribution in [2.75, 3.05) is 18.7 Å². The SMILES string of the molecule is CC(C)(CC(=O)NCC(=O)Nc1ccc2c(c1)OCO2)c1ccccc1. The van der Waals surface area contributed by atoms with Crippen molar-refractivity contribution in [2.45, 2.75) is 25.7 Å². The second-order valence-electron chi connectivity index (χ2n) is 6.82. The van der Waals surface area contributed by atoms with Gasteiger partial charge in [0, 0.05) is 18.2 Å². The lowest BCUT2D eigenvalue weighted by atomic mass is 9.81. The number of carbonyl (C=O) groups excluding carboxylic acids is 2. The third-order valence-corrected chi connectivity index (χ3v) is 4.26. The quantitative estimate of drug-likeness (QED) is 0.836. The van der Waals surface area contributed by atoms with E-state index in [9.17, 15) is 9.59 Å². The molecule has 26 heavy (non-hydrogen) atoms. The van der Waals surface area contributed by atoms with Crippen molar-refractivity contribution >= 4 is 17.5 Å². The molecule has 136 valence electrons. The minimum absolute atomic E-state index is 0.0852. The summed E-state index contributed by atoms with van der Waals surface area (Å²) in [6.07, 6.45) is 0.300. The molecule has 0 aromatic heterocycles. The van der Waals surface area contributed by atoms with E-state index in [2.05, 4.69) is 10.6 Å². The van der Waals surface area contributed by atoms with Gasteiger partial charge in [-0.2, -0.15) is 0 Å². The number of hydrogen-bond acceptors (Lipinski definition) is 4. The van der Waals surface area contributed by atoms with Gasteiger partial charge in [-0.05, 0) is 23.1 Å². The number of benzene rings is 2. The molecule has 0 fully saturated rings. The Morgan fingerprint density at radius 1 is 1.00 bits per heavy atom. The topological polar surface area (TPSA) is 76.7 Å². The highest BCUT2D eigenvalue weighted by Gasteiger charge is 2.24. The van der Waals surface area contributed by atoms with Crippen LogP contribution in [0.5, 0.6) is 11.5 Å². The summed E-state index contributed by atoms with van der Waals surface area (Å²) in [6.45, 7) is 4.11. The summed E-state index contributed by atoms with van der Waals surface area (Å²) in [4.78, 5) is 24.3. The first-order valence-electron chi connectivity index (χ1n) is 8.46. The van der Waals surface area contributed by atoms with Crippen molar-refractivity contribution in [3.8, 4) is 11.5 Å². The molecule has 1 aliphatic heterocycles. The number of anilines is 1. The van der Waals surface area contributed by atoms with E-state index in [-0.39, 0.29) is 30.6 Å². The van der Waals surface area contributed by atoms with E-state index in [1.807, 2.05) is 44.2 Å². The van der Waals surface area contributed by atoms with Crippen molar-refractivity contribution < 1.29 is 19.1 Å². The van der Waals surface area contributed by atoms with Gasteiger partial charge >= 0.3 is 0 Å². The van der Waals surface area contributed by atoms with Crippen molar-refractivity contribution in [3.05, 3.63) is 54.1 Å². The summed E-state index contributed by atoms with van der Waals surface area (Å²) in [5.41, 5.74) is 1.37. The predicted molar refractivity (Wildman–Crippen MR) is 98.3 cm³/mol. The van der Waals surface area contributed by atoms with Gasteiger partial charge in [-0.15, -0.1) is 0 Å². The Labute approximate surface area is 152 Å². The fourth-order valence-corrected chi connectivity index (χ4v) is 2.81. The molecular weight excluding hydrogens is 332 g/mol. The van der Waals surface area contributed by atoms with E-state index in [1.54, 1.807) is 18.2 Å². The average Bonchev–Trinajstić information content (AvgIpc) is 3.08. The van der Waals surface area contributed by atoms with E-state index < -0.39 is 0 Å². The summed E-state index contributed by atoms with van der Waals surface area (Å²) >= 11 is 0. The van der Waals surface area contributed by atoms with Gasteiger partial charge in [0.05, 0.1) is 6.54 Å². The summed E-state index contributed by atoms with van der Waals surface area (Å²) < 4.78 is 10.5. The first-order chi connectivity index (χ1) is 12.4. The van der Waals surface area contributed by atoms with Crippen LogP contribution in [0.3, 0.4) is 0 Å². The Morgan fingerprint density at radius 3 is 2.50 bits per heavy atom. The van der Waals surface area contributed by atoms with Crippen LogP contribution in [0.1, 0.15) is 25.8 Å². The monoisotopic (exact) mass is 354 g/mol. The number of fused-ring (bicyclic) bond motifs is 1. The number of hydrogen-bond donors (Lipinski definition) is 2. The Hall–Kier alpha value is -3.02. The molecule has 0 saturated heterocycles. The largest absolute Gasteiger partial charge is 0.454 e. The zero-order chi connectivity index (χ0) is 18.6. The van der Waals surface area contributed by atoms with Gasteiger partial charge in [-0.3, -0.25) is 9.59 Å². The molecule has 6 heteroatoms. The van der Waals surface area contributed by atoms with Gasteiger partial charge < -0.3 is 20.1 Å². The Balaban J connectivity index is 1.49. The van der Waals surface area contributed by atoms with Gasteiger partial charge in [0.2, 0.25) is 18.6 Å². The van der Waals surface area contributed by atoms with E-state index in [0.717, 1.165) is 5.56 Å². The van der Waals surface area contributed by atoms with Gasteiger partial charge in [0.1, 0.15) is 0 Å². The number of rotatable bonds is 6. The van der Waals surface area contributed by atoms with Gasteiger partial charge in [-0.1, -0.05) is 44.2 Å². The predicted octanol–water partition coefficient (Wildman–Crippen LogP) is 2.84. The van der Waals surface area contributed by atoms with Crippen LogP contribution < -0.4 is 20.1 Å². The highest BCUT2D eigenvalue weighted by Crippen LogP contribution is 2.34. The molecule has 1 aliphatic rings. The minimum atomic E-state index is -0.306. The second kappa shape index (κ2) is 7.47. The van der Waals surface area contributed by atoms with Crippen LogP contribution in [0.15, 0.2) is 48.5 Å². The Kier molecular flexibility index (Phi) is 5.11. The first-order valence-corrected chi connectivity index (χ1v) is 8.46. The number of carbonyl (C=O) groups is 2. The third-order valence-electron chi connectivity index (χ3n) is 4.26. The van der Waals surface area contributed by atoms with Crippen LogP contribution in [0.25, 0.3) is 0 Å². The summed E-state index contributed by atoms with van der Waals surface area (Å²) in [5.74, 6) is 0.783. The maximum Gasteiger partial charge on any atom is 0.243 e. The Bertz CT molecular complexity index is 803. The molecule has 0 saturated carbocycles. The molecule has 0 aliphatic carbocycles. The maximum atomic E-state index is 12.2. The zero-order valence-corrected chi connectivity index (χ0v) is 14.9. The van der Waals surface area contributed by atoms with Crippen molar-refractivity contribution in [3.63, 3.8) is 0 Å². The smallest absolute Gasteiger partial charge is 0.243 e. The molecule has 0 atom stereocenters. The van der Waals surface area contributed by atoms with E-state index in [1.165, 1.54) is 0 Å². The molecule has 3 rings (SSSR count). The third kappa shape index (κ3) is 4.33. The maximum absolute atomic E-state index is 12.2. The average molecular weight is 354 g/mol. The molecule has 0 radical (unpaired) electrons. The lowest BCUT2D eigenvalue weighted by molar-refractivity contribution is -0.125. The molecule has 2 N–H and O–H groups in total. The van der Waals surface area contributed by atoms with E-state index >= 15 is 0 Å². The normalized spacial score (nSPS) is 12.5. The van der Waals surface area contributed by atoms with E-state index in [4.69, 9.17) is 9.47 Å². The fraction of sp³-hybridized carbons (Fsp3) is 0.300. The molecule has 6 nitrogen and oxygen atoms in total. The summed E-state index contributed by atoms with van der Waals surface area (Å²) in [7, 11) is 0. The van der Waals surface area contributed by atoms with Crippen molar-refractivity contribution in [1.82, 2.24) is 5.32 Å². The summed E-state index contributed by atoms with van der Waals surface area (Å²) in [6, 6.07) is 15.0. The highest BCUT2D eigenvalue weighted by atomic mass is 16.7. The zero-order valence-electron chi connectivity index (χ0n) is 14.9. The molecule has 0 unspecified atom stereocenters. The molecule has 0 spiro atoms. The first kappa shape index (κ1) is 17.8. The van der Waals surface area contributed by atoms with Gasteiger partial charge in [0.15, 0.2) is 11.5 Å². The standard InChI is InChI=1S/C20H22N2O4/c1-20(2,14-6-4-3-5-7-14)11-18(23)21-12-19(24)22-15-8-9-16-17(10-15)26-13-25-16/h3-10H,11-13H2,1-2H3,(H,21,23)(H,22,24). The molecule has 0 bridgehead atoms. The van der Waals surface area contributed by atoms with Crippen molar-refractivity contribution in [2.24, 2.45) is 0 Å². The molecule has 1 heterocycles. The second-order valence-corrected chi connectivity index (χ2v) is 6.82. The molecule has 2 aromatic carbocycles. The number of ether oxygens (including phenoxy) is 2. The van der Waals surface area contributed by atoms with Gasteiger partial charge in [0.25, 0.3) is 0 Å². The van der Waals surface area contributed by atoms with Crippen LogP contribution in [0.2, 0.25) is 0 Å².